The second kappa shape index (κ2) is 4.85. The van der Waals surface area contributed by atoms with Crippen LogP contribution in [0.5, 0.6) is 0 Å². The number of nitrogen functional groups attached to an aromatic ring is 1. The van der Waals surface area contributed by atoms with E-state index >= 15 is 0 Å². The second-order valence-corrected chi connectivity index (χ2v) is 4.68. The zero-order valence-corrected chi connectivity index (χ0v) is 10.2. The van der Waals surface area contributed by atoms with Gasteiger partial charge in [0.1, 0.15) is 10.9 Å². The zero-order chi connectivity index (χ0) is 12.3. The molecule has 3 N–H and O–H groups in total. The number of pyridine rings is 1. The van der Waals surface area contributed by atoms with Gasteiger partial charge in [0.05, 0.1) is 22.9 Å². The molecule has 5 heteroatoms. The molecule has 86 valence electrons. The Bertz CT molecular complexity index is 568. The fourth-order valence-electron chi connectivity index (χ4n) is 1.45. The van der Waals surface area contributed by atoms with Crippen molar-refractivity contribution in [3.8, 4) is 6.07 Å². The minimum atomic E-state index is 0.526. The summed E-state index contributed by atoms with van der Waals surface area (Å²) in [6.45, 7) is 2.66. The molecular formula is C12H12N4S. The predicted octanol–water partition coefficient (Wildman–Crippen LogP) is 2.52. The van der Waals surface area contributed by atoms with Crippen molar-refractivity contribution < 1.29 is 0 Å². The van der Waals surface area contributed by atoms with Crippen molar-refractivity contribution in [2.24, 2.45) is 0 Å². The van der Waals surface area contributed by atoms with Gasteiger partial charge >= 0.3 is 0 Å². The van der Waals surface area contributed by atoms with Crippen molar-refractivity contribution in [2.45, 2.75) is 13.5 Å². The Morgan fingerprint density at radius 3 is 3.06 bits per heavy atom. The number of nitrogens with two attached hydrogens (primary N) is 1. The summed E-state index contributed by atoms with van der Waals surface area (Å²) in [6, 6.07) is 7.78. The van der Waals surface area contributed by atoms with E-state index in [0.717, 1.165) is 16.3 Å². The number of aromatic nitrogens is 1. The third kappa shape index (κ3) is 2.55. The van der Waals surface area contributed by atoms with Crippen LogP contribution < -0.4 is 11.1 Å². The summed E-state index contributed by atoms with van der Waals surface area (Å²) < 4.78 is 0. The third-order valence-corrected chi connectivity index (χ3v) is 3.42. The van der Waals surface area contributed by atoms with Crippen molar-refractivity contribution in [1.82, 2.24) is 4.98 Å². The number of nitrogens with one attached hydrogen (secondary N) is 1. The molecular weight excluding hydrogens is 232 g/mol. The van der Waals surface area contributed by atoms with Crippen molar-refractivity contribution in [2.75, 3.05) is 11.1 Å². The molecule has 0 radical (unpaired) electrons. The van der Waals surface area contributed by atoms with Crippen molar-refractivity contribution >= 4 is 22.0 Å². The van der Waals surface area contributed by atoms with Crippen LogP contribution in [0.4, 0.5) is 10.7 Å². The molecule has 0 saturated carbocycles. The van der Waals surface area contributed by atoms with E-state index in [1.165, 1.54) is 11.3 Å². The van der Waals surface area contributed by atoms with Gasteiger partial charge < -0.3 is 11.1 Å². The molecule has 0 aliphatic heterocycles. The van der Waals surface area contributed by atoms with Crippen LogP contribution in [0.1, 0.15) is 16.1 Å². The number of anilines is 2. The van der Waals surface area contributed by atoms with E-state index in [4.69, 9.17) is 11.0 Å². The fraction of sp³-hybridized carbons (Fsp3) is 0.167. The molecule has 0 saturated heterocycles. The Hall–Kier alpha value is -2.06. The summed E-state index contributed by atoms with van der Waals surface area (Å²) in [6.07, 6.45) is 1.77. The van der Waals surface area contributed by atoms with Gasteiger partial charge in [0.25, 0.3) is 0 Å². The van der Waals surface area contributed by atoms with Crippen LogP contribution in [0.3, 0.4) is 0 Å². The summed E-state index contributed by atoms with van der Waals surface area (Å²) >= 11 is 1.36. The van der Waals surface area contributed by atoms with Crippen LogP contribution >= 0.6 is 11.3 Å². The third-order valence-electron chi connectivity index (χ3n) is 2.41. The summed E-state index contributed by atoms with van der Waals surface area (Å²) in [7, 11) is 0. The van der Waals surface area contributed by atoms with Crippen LogP contribution in [0.15, 0.2) is 24.4 Å². The van der Waals surface area contributed by atoms with Gasteiger partial charge in [-0.05, 0) is 24.6 Å². The maximum atomic E-state index is 8.80. The lowest BCUT2D eigenvalue weighted by atomic mass is 10.2. The summed E-state index contributed by atoms with van der Waals surface area (Å²) in [5.41, 5.74) is 8.35. The maximum Gasteiger partial charge on any atom is 0.129 e. The van der Waals surface area contributed by atoms with E-state index < -0.39 is 0 Å². The van der Waals surface area contributed by atoms with E-state index in [1.807, 2.05) is 19.1 Å². The minimum absolute atomic E-state index is 0.526. The number of thiophene rings is 1. The highest BCUT2D eigenvalue weighted by atomic mass is 32.1. The highest BCUT2D eigenvalue weighted by Gasteiger charge is 2.06. The van der Waals surface area contributed by atoms with E-state index in [2.05, 4.69) is 16.4 Å². The largest absolute Gasteiger partial charge is 0.397 e. The Labute approximate surface area is 104 Å². The minimum Gasteiger partial charge on any atom is -0.397 e. The Morgan fingerprint density at radius 2 is 2.41 bits per heavy atom. The molecule has 0 aromatic carbocycles. The molecule has 0 aliphatic carbocycles. The SMILES string of the molecule is Cc1cccnc1CNc1cc(N)c(C#N)s1. The summed E-state index contributed by atoms with van der Waals surface area (Å²) in [5.74, 6) is 0. The molecule has 0 amide bonds. The van der Waals surface area contributed by atoms with Gasteiger partial charge in [-0.15, -0.1) is 11.3 Å². The van der Waals surface area contributed by atoms with Gasteiger partial charge in [-0.2, -0.15) is 5.26 Å². The lowest BCUT2D eigenvalue weighted by Gasteiger charge is -2.05. The number of nitrogens with zero attached hydrogens (tertiary/aromatic N) is 2. The Morgan fingerprint density at radius 1 is 1.59 bits per heavy atom. The van der Waals surface area contributed by atoms with E-state index in [-0.39, 0.29) is 0 Å². The lowest BCUT2D eigenvalue weighted by Crippen LogP contribution is -2.02. The van der Waals surface area contributed by atoms with Gasteiger partial charge in [0.2, 0.25) is 0 Å². The van der Waals surface area contributed by atoms with Gasteiger partial charge in [0, 0.05) is 6.20 Å². The van der Waals surface area contributed by atoms with Crippen LogP contribution in [0, 0.1) is 18.3 Å². The van der Waals surface area contributed by atoms with Gasteiger partial charge in [-0.25, -0.2) is 0 Å². The normalized spacial score (nSPS) is 9.88. The van der Waals surface area contributed by atoms with E-state index in [0.29, 0.717) is 17.1 Å². The fourth-order valence-corrected chi connectivity index (χ4v) is 2.23. The first-order valence-corrected chi connectivity index (χ1v) is 5.96. The zero-order valence-electron chi connectivity index (χ0n) is 9.40. The molecule has 0 atom stereocenters. The van der Waals surface area contributed by atoms with Crippen molar-refractivity contribution in [1.29, 1.82) is 5.26 Å². The van der Waals surface area contributed by atoms with Crippen LogP contribution in [-0.2, 0) is 6.54 Å². The van der Waals surface area contributed by atoms with Gasteiger partial charge in [-0.1, -0.05) is 6.07 Å². The first-order chi connectivity index (χ1) is 8.20. The van der Waals surface area contributed by atoms with Gasteiger partial charge in [-0.3, -0.25) is 4.98 Å². The smallest absolute Gasteiger partial charge is 0.129 e. The van der Waals surface area contributed by atoms with E-state index in [9.17, 15) is 0 Å². The highest BCUT2D eigenvalue weighted by Crippen LogP contribution is 2.28. The van der Waals surface area contributed by atoms with Crippen LogP contribution in [0.25, 0.3) is 0 Å². The molecule has 0 bridgehead atoms. The number of aryl methyl sites for hydroxylation is 1. The Balaban J connectivity index is 2.08. The topological polar surface area (TPSA) is 74.7 Å². The molecule has 2 rings (SSSR count). The molecule has 0 spiro atoms. The quantitative estimate of drug-likeness (QED) is 0.870. The summed E-state index contributed by atoms with van der Waals surface area (Å²) in [5, 5.41) is 12.9. The highest BCUT2D eigenvalue weighted by molar-refractivity contribution is 7.17. The van der Waals surface area contributed by atoms with Crippen molar-refractivity contribution in [3.05, 3.63) is 40.5 Å². The lowest BCUT2D eigenvalue weighted by molar-refractivity contribution is 1.02. The van der Waals surface area contributed by atoms with Crippen LogP contribution in [0.2, 0.25) is 0 Å². The second-order valence-electron chi connectivity index (χ2n) is 3.63. The molecule has 2 aromatic heterocycles. The maximum absolute atomic E-state index is 8.80. The predicted molar refractivity (Wildman–Crippen MR) is 69.7 cm³/mol. The van der Waals surface area contributed by atoms with Gasteiger partial charge in [0.15, 0.2) is 0 Å². The molecule has 0 aliphatic rings. The standard InChI is InChI=1S/C12H12N4S/c1-8-3-2-4-15-10(8)7-16-12-5-9(14)11(6-13)17-12/h2-5,16H,7,14H2,1H3. The number of hydrogen-bond donors (Lipinski definition) is 2. The molecule has 0 fully saturated rings. The van der Waals surface area contributed by atoms with Crippen molar-refractivity contribution in [3.63, 3.8) is 0 Å². The number of nitriles is 1. The monoisotopic (exact) mass is 244 g/mol. The Kier molecular flexibility index (Phi) is 3.26. The van der Waals surface area contributed by atoms with E-state index in [1.54, 1.807) is 12.3 Å². The molecule has 17 heavy (non-hydrogen) atoms. The molecule has 2 aromatic rings. The molecule has 2 heterocycles. The number of rotatable bonds is 3. The first-order valence-electron chi connectivity index (χ1n) is 5.14. The molecule has 0 unspecified atom stereocenters. The first kappa shape index (κ1) is 11.4. The summed E-state index contributed by atoms with van der Waals surface area (Å²) in [4.78, 5) is 4.84. The number of hydrogen-bond acceptors (Lipinski definition) is 5. The average Bonchev–Trinajstić information content (AvgIpc) is 2.69. The average molecular weight is 244 g/mol. The van der Waals surface area contributed by atoms with Crippen LogP contribution in [-0.4, -0.2) is 4.98 Å². The molecule has 4 nitrogen and oxygen atoms in total.